The van der Waals surface area contributed by atoms with Gasteiger partial charge in [0.25, 0.3) is 0 Å². The molecular formula is C18H22O9. The van der Waals surface area contributed by atoms with Gasteiger partial charge in [-0.2, -0.15) is 0 Å². The molecule has 0 fully saturated rings. The van der Waals surface area contributed by atoms with Crippen LogP contribution in [0.1, 0.15) is 10.4 Å². The van der Waals surface area contributed by atoms with Gasteiger partial charge < -0.3 is 28.4 Å². The summed E-state index contributed by atoms with van der Waals surface area (Å²) in [7, 11) is 1.28. The van der Waals surface area contributed by atoms with Gasteiger partial charge in [0, 0.05) is 6.08 Å². The topological polar surface area (TPSA) is 107 Å². The summed E-state index contributed by atoms with van der Waals surface area (Å²) < 4.78 is 29.4. The first-order valence-electron chi connectivity index (χ1n) is 8.04. The molecule has 0 saturated heterocycles. The van der Waals surface area contributed by atoms with Crippen molar-refractivity contribution in [2.24, 2.45) is 0 Å². The van der Waals surface area contributed by atoms with Gasteiger partial charge in [-0.3, -0.25) is 0 Å². The lowest BCUT2D eigenvalue weighted by atomic mass is 10.2. The van der Waals surface area contributed by atoms with E-state index in [4.69, 9.17) is 23.7 Å². The molecular weight excluding hydrogens is 360 g/mol. The fourth-order valence-electron chi connectivity index (χ4n) is 1.67. The molecule has 27 heavy (non-hydrogen) atoms. The zero-order chi connectivity index (χ0) is 19.9. The maximum Gasteiger partial charge on any atom is 0.513 e. The highest BCUT2D eigenvalue weighted by Gasteiger charge is 2.08. The number of hydrogen-bond acceptors (Lipinski definition) is 9. The van der Waals surface area contributed by atoms with Crippen LogP contribution in [0.15, 0.2) is 36.9 Å². The molecule has 0 amide bonds. The Balaban J connectivity index is 2.03. The molecule has 0 aliphatic carbocycles. The highest BCUT2D eigenvalue weighted by Crippen LogP contribution is 2.13. The molecule has 0 bridgehead atoms. The zero-order valence-corrected chi connectivity index (χ0v) is 15.0. The molecule has 0 N–H and O–H groups in total. The minimum atomic E-state index is -0.885. The molecule has 1 rings (SSSR count). The first-order valence-corrected chi connectivity index (χ1v) is 8.04. The largest absolute Gasteiger partial charge is 0.513 e. The predicted octanol–water partition coefficient (Wildman–Crippen LogP) is 1.75. The molecule has 0 unspecified atom stereocenters. The predicted molar refractivity (Wildman–Crippen MR) is 92.6 cm³/mol. The number of carbonyl (C=O) groups is 3. The summed E-state index contributed by atoms with van der Waals surface area (Å²) in [5.74, 6) is -0.750. The Morgan fingerprint density at radius 1 is 0.889 bits per heavy atom. The number of carbonyl (C=O) groups excluding carboxylic acids is 3. The Kier molecular flexibility index (Phi) is 10.9. The lowest BCUT2D eigenvalue weighted by Gasteiger charge is -2.08. The van der Waals surface area contributed by atoms with E-state index in [1.165, 1.54) is 31.4 Å². The average molecular weight is 382 g/mol. The van der Waals surface area contributed by atoms with E-state index in [1.807, 2.05) is 0 Å². The van der Waals surface area contributed by atoms with Gasteiger partial charge in [0.2, 0.25) is 0 Å². The van der Waals surface area contributed by atoms with E-state index in [2.05, 4.69) is 11.3 Å². The molecule has 0 atom stereocenters. The van der Waals surface area contributed by atoms with Crippen molar-refractivity contribution in [3.63, 3.8) is 0 Å². The number of methoxy groups -OCH3 is 1. The second-order valence-corrected chi connectivity index (χ2v) is 4.81. The zero-order valence-electron chi connectivity index (χ0n) is 15.0. The third-order valence-electron chi connectivity index (χ3n) is 2.93. The van der Waals surface area contributed by atoms with Crippen molar-refractivity contribution in [1.29, 1.82) is 0 Å². The van der Waals surface area contributed by atoms with Crippen LogP contribution in [-0.4, -0.2) is 64.8 Å². The van der Waals surface area contributed by atoms with Crippen LogP contribution in [-0.2, 0) is 28.5 Å². The second kappa shape index (κ2) is 13.3. The van der Waals surface area contributed by atoms with E-state index in [0.717, 1.165) is 6.08 Å². The van der Waals surface area contributed by atoms with Crippen LogP contribution in [0, 0.1) is 0 Å². The maximum atomic E-state index is 11.5. The van der Waals surface area contributed by atoms with Crippen molar-refractivity contribution in [1.82, 2.24) is 0 Å². The minimum Gasteiger partial charge on any atom is -0.465 e. The lowest BCUT2D eigenvalue weighted by molar-refractivity contribution is -0.139. The fraction of sp³-hybridized carbons (Fsp3) is 0.389. The fourth-order valence-corrected chi connectivity index (χ4v) is 1.67. The van der Waals surface area contributed by atoms with Crippen LogP contribution in [0.4, 0.5) is 4.79 Å². The second-order valence-electron chi connectivity index (χ2n) is 4.81. The third kappa shape index (κ3) is 9.97. The van der Waals surface area contributed by atoms with E-state index in [1.54, 1.807) is 0 Å². The smallest absolute Gasteiger partial charge is 0.465 e. The van der Waals surface area contributed by atoms with Crippen LogP contribution in [0.3, 0.4) is 0 Å². The molecule has 9 nitrogen and oxygen atoms in total. The molecule has 0 spiro atoms. The van der Waals surface area contributed by atoms with Gasteiger partial charge in [-0.1, -0.05) is 6.58 Å². The highest BCUT2D eigenvalue weighted by atomic mass is 16.7. The summed E-state index contributed by atoms with van der Waals surface area (Å²) >= 11 is 0. The number of benzene rings is 1. The van der Waals surface area contributed by atoms with Crippen LogP contribution in [0.2, 0.25) is 0 Å². The van der Waals surface area contributed by atoms with Gasteiger partial charge in [-0.05, 0) is 24.3 Å². The SMILES string of the molecule is C=CC(=O)OCCOCCOCCOC(=O)Oc1ccc(C(=O)OC)cc1. The van der Waals surface area contributed by atoms with Gasteiger partial charge >= 0.3 is 18.1 Å². The Morgan fingerprint density at radius 3 is 2.00 bits per heavy atom. The molecule has 0 aliphatic rings. The van der Waals surface area contributed by atoms with Gasteiger partial charge in [0.1, 0.15) is 19.0 Å². The van der Waals surface area contributed by atoms with E-state index in [9.17, 15) is 14.4 Å². The standard InChI is InChI=1S/C18H22O9/c1-3-16(19)25-12-10-23-8-9-24-11-13-26-18(21)27-15-6-4-14(5-7-15)17(20)22-2/h3-7H,1,8-13H2,2H3. The average Bonchev–Trinajstić information content (AvgIpc) is 2.69. The van der Waals surface area contributed by atoms with Gasteiger partial charge in [-0.15, -0.1) is 0 Å². The molecule has 1 aromatic rings. The number of rotatable bonds is 12. The van der Waals surface area contributed by atoms with Gasteiger partial charge in [-0.25, -0.2) is 14.4 Å². The van der Waals surface area contributed by atoms with Crippen LogP contribution >= 0.6 is 0 Å². The molecule has 1 aromatic carbocycles. The van der Waals surface area contributed by atoms with Crippen molar-refractivity contribution in [3.05, 3.63) is 42.5 Å². The van der Waals surface area contributed by atoms with E-state index in [-0.39, 0.29) is 32.2 Å². The Morgan fingerprint density at radius 2 is 1.44 bits per heavy atom. The first kappa shape index (κ1) is 22.1. The maximum absolute atomic E-state index is 11.5. The first-order chi connectivity index (χ1) is 13.1. The van der Waals surface area contributed by atoms with Gasteiger partial charge in [0.05, 0.1) is 39.1 Å². The Bertz CT molecular complexity index is 610. The van der Waals surface area contributed by atoms with E-state index >= 15 is 0 Å². The van der Waals surface area contributed by atoms with Crippen LogP contribution < -0.4 is 4.74 Å². The van der Waals surface area contributed by atoms with Crippen molar-refractivity contribution in [2.75, 3.05) is 46.8 Å². The molecule has 0 aromatic heterocycles. The van der Waals surface area contributed by atoms with Crippen molar-refractivity contribution < 1.29 is 42.8 Å². The molecule has 9 heteroatoms. The summed E-state index contributed by atoms with van der Waals surface area (Å²) in [6, 6.07) is 5.84. The number of esters is 2. The summed E-state index contributed by atoms with van der Waals surface area (Å²) in [4.78, 5) is 33.5. The normalized spacial score (nSPS) is 9.96. The molecule has 0 aliphatic heterocycles. The minimum absolute atomic E-state index is 0.00995. The summed E-state index contributed by atoms with van der Waals surface area (Å²) in [6.45, 7) is 4.44. The molecule has 0 radical (unpaired) electrons. The summed E-state index contributed by atoms with van der Waals surface area (Å²) in [5.41, 5.74) is 0.340. The quantitative estimate of drug-likeness (QED) is 0.176. The van der Waals surface area contributed by atoms with Crippen molar-refractivity contribution in [2.45, 2.75) is 0 Å². The van der Waals surface area contributed by atoms with Crippen molar-refractivity contribution >= 4 is 18.1 Å². The molecule has 148 valence electrons. The molecule has 0 heterocycles. The van der Waals surface area contributed by atoms with Crippen molar-refractivity contribution in [3.8, 4) is 5.75 Å². The number of hydrogen-bond donors (Lipinski definition) is 0. The van der Waals surface area contributed by atoms with Crippen LogP contribution in [0.5, 0.6) is 5.75 Å². The van der Waals surface area contributed by atoms with E-state index < -0.39 is 18.1 Å². The monoisotopic (exact) mass is 382 g/mol. The van der Waals surface area contributed by atoms with Gasteiger partial charge in [0.15, 0.2) is 0 Å². The summed E-state index contributed by atoms with van der Waals surface area (Å²) in [6.07, 6.45) is 0.190. The van der Waals surface area contributed by atoms with E-state index in [0.29, 0.717) is 18.8 Å². The number of ether oxygens (including phenoxy) is 6. The lowest BCUT2D eigenvalue weighted by Crippen LogP contribution is -2.16. The highest BCUT2D eigenvalue weighted by molar-refractivity contribution is 5.89. The molecule has 0 saturated carbocycles. The van der Waals surface area contributed by atoms with Crippen LogP contribution in [0.25, 0.3) is 0 Å². The Hall–Kier alpha value is -2.91. The summed E-state index contributed by atoms with van der Waals surface area (Å²) in [5, 5.41) is 0. The Labute approximate surface area is 156 Å². The third-order valence-corrected chi connectivity index (χ3v) is 2.93.